The number of nitrogens with one attached hydrogen (secondary N) is 3. The average molecular weight is 695 g/mol. The predicted molar refractivity (Wildman–Crippen MR) is 177 cm³/mol. The molecule has 216 valence electrons. The Morgan fingerprint density at radius 2 is 1.58 bits per heavy atom. The first kappa shape index (κ1) is 30.2. The van der Waals surface area contributed by atoms with Crippen molar-refractivity contribution >= 4 is 85.0 Å². The summed E-state index contributed by atoms with van der Waals surface area (Å²) < 4.78 is 6.49. The molecule has 0 aliphatic heterocycles. The summed E-state index contributed by atoms with van der Waals surface area (Å²) in [7, 11) is 0. The highest BCUT2D eigenvalue weighted by molar-refractivity contribution is 9.10. The van der Waals surface area contributed by atoms with Crippen LogP contribution in [0.5, 0.6) is 5.75 Å². The molecule has 0 unspecified atom stereocenters. The van der Waals surface area contributed by atoms with Gasteiger partial charge in [0.2, 0.25) is 0 Å². The number of rotatable bonds is 10. The molecule has 5 rings (SSSR count). The molecule has 3 N–H and O–H groups in total. The Hall–Kier alpha value is -4.22. The maximum atomic E-state index is 12.7. The minimum atomic E-state index is -0.383. The highest BCUT2D eigenvalue weighted by Crippen LogP contribution is 2.28. The Bertz CT molecular complexity index is 1760. The molecular weight excluding hydrogens is 673 g/mol. The van der Waals surface area contributed by atoms with Crippen LogP contribution in [0.3, 0.4) is 0 Å². The third-order valence-electron chi connectivity index (χ3n) is 5.87. The molecule has 0 fully saturated rings. The fourth-order valence-electron chi connectivity index (χ4n) is 3.76. The van der Waals surface area contributed by atoms with Gasteiger partial charge in [-0.05, 0) is 78.9 Å². The van der Waals surface area contributed by atoms with Crippen LogP contribution in [-0.2, 0) is 4.79 Å². The van der Waals surface area contributed by atoms with Crippen molar-refractivity contribution in [2.45, 2.75) is 0 Å². The molecule has 0 aliphatic carbocycles. The Kier molecular flexibility index (Phi) is 10.1. The minimum Gasteiger partial charge on any atom is -0.483 e. The van der Waals surface area contributed by atoms with Crippen molar-refractivity contribution in [2.75, 3.05) is 17.2 Å². The number of hydrogen-bond acceptors (Lipinski definition) is 7. The number of hydrazone groups is 1. The number of anilines is 3. The maximum Gasteiger partial charge on any atom is 0.271 e. The zero-order chi connectivity index (χ0) is 30.2. The normalized spacial score (nSPS) is 10.9. The number of halogens is 3. The van der Waals surface area contributed by atoms with E-state index < -0.39 is 0 Å². The molecule has 0 bridgehead atoms. The van der Waals surface area contributed by atoms with Gasteiger partial charge in [-0.3, -0.25) is 9.59 Å². The Labute approximate surface area is 269 Å². The molecule has 4 aromatic carbocycles. The van der Waals surface area contributed by atoms with E-state index in [9.17, 15) is 9.59 Å². The van der Waals surface area contributed by atoms with Crippen LogP contribution in [0.15, 0.2) is 106 Å². The molecule has 1 heterocycles. The number of hydrogen-bond donors (Lipinski definition) is 3. The summed E-state index contributed by atoms with van der Waals surface area (Å²) in [4.78, 5) is 29.7. The standard InChI is InChI=1S/C31H22BrCl2N5O3S/c32-22-5-14-28(42-17-29(40)36-25-10-6-23(33)7-11-25)21(15-22)16-35-39-30(41)20-3-1-19(2-4-20)27-18-43-31(38-27)37-26-12-8-24(34)9-13-26/h1-16,18H,17H2,(H,36,40)(H,37,38)(H,39,41)/b35-16-. The van der Waals surface area contributed by atoms with Gasteiger partial charge in [-0.2, -0.15) is 5.10 Å². The fraction of sp³-hybridized carbons (Fsp3) is 0.0323. The average Bonchev–Trinajstić information content (AvgIpc) is 3.47. The lowest BCUT2D eigenvalue weighted by Crippen LogP contribution is -2.20. The lowest BCUT2D eigenvalue weighted by molar-refractivity contribution is -0.118. The van der Waals surface area contributed by atoms with E-state index >= 15 is 0 Å². The van der Waals surface area contributed by atoms with Gasteiger partial charge >= 0.3 is 0 Å². The summed E-state index contributed by atoms with van der Waals surface area (Å²) in [5.74, 6) is -0.299. The second kappa shape index (κ2) is 14.3. The van der Waals surface area contributed by atoms with E-state index in [0.717, 1.165) is 26.5 Å². The number of thiazole rings is 1. The topological polar surface area (TPSA) is 105 Å². The number of nitrogens with zero attached hydrogens (tertiary/aromatic N) is 2. The predicted octanol–water partition coefficient (Wildman–Crippen LogP) is 8.40. The quantitative estimate of drug-likeness (QED) is 0.101. The fourth-order valence-corrected chi connectivity index (χ4v) is 5.13. The summed E-state index contributed by atoms with van der Waals surface area (Å²) in [5, 5.41) is 14.0. The zero-order valence-electron chi connectivity index (χ0n) is 22.2. The molecule has 0 spiro atoms. The largest absolute Gasteiger partial charge is 0.483 e. The first-order valence-electron chi connectivity index (χ1n) is 12.7. The van der Waals surface area contributed by atoms with Gasteiger partial charge in [-0.15, -0.1) is 11.3 Å². The van der Waals surface area contributed by atoms with Gasteiger partial charge in [0.15, 0.2) is 11.7 Å². The summed E-state index contributed by atoms with van der Waals surface area (Å²) in [6, 6.07) is 26.5. The lowest BCUT2D eigenvalue weighted by atomic mass is 10.1. The second-order valence-electron chi connectivity index (χ2n) is 8.97. The molecule has 43 heavy (non-hydrogen) atoms. The molecule has 0 saturated heterocycles. The van der Waals surface area contributed by atoms with Gasteiger partial charge in [-0.1, -0.05) is 51.3 Å². The number of ether oxygens (including phenoxy) is 1. The first-order valence-corrected chi connectivity index (χ1v) is 15.1. The Balaban J connectivity index is 1.16. The number of carbonyl (C=O) groups excluding carboxylic acids is 2. The highest BCUT2D eigenvalue weighted by Gasteiger charge is 2.10. The minimum absolute atomic E-state index is 0.221. The molecule has 0 aliphatic rings. The van der Waals surface area contributed by atoms with Crippen LogP contribution in [0.1, 0.15) is 15.9 Å². The molecule has 0 saturated carbocycles. The van der Waals surface area contributed by atoms with Crippen molar-refractivity contribution in [3.8, 4) is 17.0 Å². The number of amides is 2. The number of aromatic nitrogens is 1. The molecule has 12 heteroatoms. The van der Waals surface area contributed by atoms with Crippen LogP contribution in [0, 0.1) is 0 Å². The van der Waals surface area contributed by atoms with Gasteiger partial charge in [0, 0.05) is 48.0 Å². The smallest absolute Gasteiger partial charge is 0.271 e. The van der Waals surface area contributed by atoms with Crippen LogP contribution in [-0.4, -0.2) is 29.6 Å². The van der Waals surface area contributed by atoms with E-state index in [4.69, 9.17) is 27.9 Å². The van der Waals surface area contributed by atoms with Gasteiger partial charge in [0.1, 0.15) is 5.75 Å². The lowest BCUT2D eigenvalue weighted by Gasteiger charge is -2.10. The van der Waals surface area contributed by atoms with Crippen molar-refractivity contribution in [1.82, 2.24) is 10.4 Å². The number of carbonyl (C=O) groups is 2. The van der Waals surface area contributed by atoms with Gasteiger partial charge < -0.3 is 15.4 Å². The van der Waals surface area contributed by atoms with Gasteiger partial charge in [0.05, 0.1) is 11.9 Å². The van der Waals surface area contributed by atoms with E-state index in [1.165, 1.54) is 17.6 Å². The van der Waals surface area contributed by atoms with E-state index in [1.807, 2.05) is 41.8 Å². The van der Waals surface area contributed by atoms with E-state index in [-0.39, 0.29) is 18.4 Å². The maximum absolute atomic E-state index is 12.7. The Morgan fingerprint density at radius 1 is 0.907 bits per heavy atom. The van der Waals surface area contributed by atoms with Crippen LogP contribution >= 0.6 is 50.5 Å². The zero-order valence-corrected chi connectivity index (χ0v) is 26.1. The molecule has 5 aromatic rings. The number of benzene rings is 4. The van der Waals surface area contributed by atoms with Crippen molar-refractivity contribution in [2.24, 2.45) is 5.10 Å². The summed E-state index contributed by atoms with van der Waals surface area (Å²) in [6.45, 7) is -0.221. The second-order valence-corrected chi connectivity index (χ2v) is 11.6. The van der Waals surface area contributed by atoms with Crippen LogP contribution in [0.25, 0.3) is 11.3 Å². The highest BCUT2D eigenvalue weighted by atomic mass is 79.9. The summed E-state index contributed by atoms with van der Waals surface area (Å²) >= 11 is 16.7. The molecule has 1 aromatic heterocycles. The van der Waals surface area contributed by atoms with Crippen molar-refractivity contribution < 1.29 is 14.3 Å². The third kappa shape index (κ3) is 8.65. The SMILES string of the molecule is O=C(COc1ccc(Br)cc1/C=N\NC(=O)c1ccc(-c2csc(Nc3ccc(Cl)cc3)n2)cc1)Nc1ccc(Cl)cc1. The van der Waals surface area contributed by atoms with Gasteiger partial charge in [0.25, 0.3) is 11.8 Å². The van der Waals surface area contributed by atoms with Crippen LogP contribution in [0.2, 0.25) is 10.0 Å². The Morgan fingerprint density at radius 3 is 2.28 bits per heavy atom. The van der Waals surface area contributed by atoms with E-state index in [2.05, 4.69) is 42.1 Å². The van der Waals surface area contributed by atoms with Crippen LogP contribution in [0.4, 0.5) is 16.5 Å². The molecule has 0 radical (unpaired) electrons. The third-order valence-corrected chi connectivity index (χ3v) is 7.63. The monoisotopic (exact) mass is 693 g/mol. The van der Waals surface area contributed by atoms with Crippen molar-refractivity contribution in [3.63, 3.8) is 0 Å². The van der Waals surface area contributed by atoms with Crippen molar-refractivity contribution in [1.29, 1.82) is 0 Å². The first-order chi connectivity index (χ1) is 20.8. The summed E-state index contributed by atoms with van der Waals surface area (Å²) in [6.07, 6.45) is 1.45. The molecule has 8 nitrogen and oxygen atoms in total. The molecular formula is C31H22BrCl2N5O3S. The van der Waals surface area contributed by atoms with E-state index in [0.29, 0.717) is 32.6 Å². The molecule has 2 amide bonds. The molecule has 0 atom stereocenters. The van der Waals surface area contributed by atoms with Crippen LogP contribution < -0.4 is 20.8 Å². The van der Waals surface area contributed by atoms with E-state index in [1.54, 1.807) is 54.6 Å². The summed E-state index contributed by atoms with van der Waals surface area (Å²) in [5.41, 5.74) is 6.68. The van der Waals surface area contributed by atoms with Gasteiger partial charge in [-0.25, -0.2) is 10.4 Å². The van der Waals surface area contributed by atoms with Crippen molar-refractivity contribution in [3.05, 3.63) is 122 Å².